The number of para-hydroxylation sites is 1. The van der Waals surface area contributed by atoms with Crippen LogP contribution in [0.15, 0.2) is 54.7 Å². The number of rotatable bonds is 3. The third-order valence-corrected chi connectivity index (χ3v) is 3.42. The largest absolute Gasteiger partial charge is 0.384 e. The van der Waals surface area contributed by atoms with Gasteiger partial charge in [-0.25, -0.2) is 8.78 Å². The molecule has 2 N–H and O–H groups in total. The van der Waals surface area contributed by atoms with Crippen molar-refractivity contribution in [2.75, 3.05) is 0 Å². The van der Waals surface area contributed by atoms with E-state index in [0.29, 0.717) is 5.56 Å². The van der Waals surface area contributed by atoms with Gasteiger partial charge in [-0.15, -0.1) is 0 Å². The lowest BCUT2D eigenvalue weighted by molar-refractivity contribution is 0.151. The highest BCUT2D eigenvalue weighted by molar-refractivity contribution is 5.83. The van der Waals surface area contributed by atoms with E-state index >= 15 is 0 Å². The van der Waals surface area contributed by atoms with Gasteiger partial charge in [0, 0.05) is 28.2 Å². The zero-order valence-electron chi connectivity index (χ0n) is 10.6. The van der Waals surface area contributed by atoms with Crippen molar-refractivity contribution in [3.8, 4) is 0 Å². The first-order valence-electron chi connectivity index (χ1n) is 6.29. The van der Waals surface area contributed by atoms with Gasteiger partial charge in [-0.3, -0.25) is 0 Å². The molecule has 0 amide bonds. The normalized spacial score (nSPS) is 13.0. The molecule has 1 aromatic heterocycles. The lowest BCUT2D eigenvalue weighted by atomic mass is 10.00. The zero-order valence-corrected chi connectivity index (χ0v) is 10.6. The summed E-state index contributed by atoms with van der Waals surface area (Å²) in [5, 5.41) is 11.3. The first kappa shape index (κ1) is 12.8. The van der Waals surface area contributed by atoms with Gasteiger partial charge in [0.2, 0.25) is 0 Å². The summed E-state index contributed by atoms with van der Waals surface area (Å²) < 4.78 is 25.0. The molecule has 4 heteroatoms. The molecule has 0 spiro atoms. The van der Waals surface area contributed by atoms with Gasteiger partial charge in [-0.05, 0) is 11.6 Å². The van der Waals surface area contributed by atoms with E-state index < -0.39 is 12.5 Å². The highest BCUT2D eigenvalue weighted by Crippen LogP contribution is 2.29. The minimum Gasteiger partial charge on any atom is -0.384 e. The van der Waals surface area contributed by atoms with E-state index in [1.807, 2.05) is 24.3 Å². The first-order chi connectivity index (χ1) is 9.66. The minimum atomic E-state index is -2.49. The molecule has 0 radical (unpaired) electrons. The monoisotopic (exact) mass is 273 g/mol. The third-order valence-electron chi connectivity index (χ3n) is 3.42. The van der Waals surface area contributed by atoms with Gasteiger partial charge in [0.15, 0.2) is 0 Å². The van der Waals surface area contributed by atoms with Crippen molar-refractivity contribution in [1.82, 2.24) is 4.98 Å². The fourth-order valence-corrected chi connectivity index (χ4v) is 2.32. The van der Waals surface area contributed by atoms with Crippen LogP contribution in [-0.4, -0.2) is 10.1 Å². The Morgan fingerprint density at radius 2 is 1.55 bits per heavy atom. The maximum atomic E-state index is 12.5. The van der Waals surface area contributed by atoms with Gasteiger partial charge in [0.1, 0.15) is 6.10 Å². The summed E-state index contributed by atoms with van der Waals surface area (Å²) in [7, 11) is 0. The number of aromatic nitrogens is 1. The van der Waals surface area contributed by atoms with E-state index in [0.717, 1.165) is 16.5 Å². The minimum absolute atomic E-state index is 0.0418. The van der Waals surface area contributed by atoms with Gasteiger partial charge >= 0.3 is 0 Å². The number of hydrogen-bond acceptors (Lipinski definition) is 1. The lowest BCUT2D eigenvalue weighted by Crippen LogP contribution is -1.99. The number of fused-ring (bicyclic) bond motifs is 1. The van der Waals surface area contributed by atoms with Gasteiger partial charge in [-0.1, -0.05) is 42.5 Å². The van der Waals surface area contributed by atoms with Crippen LogP contribution in [-0.2, 0) is 0 Å². The third kappa shape index (κ3) is 2.18. The highest BCUT2D eigenvalue weighted by atomic mass is 19.3. The summed E-state index contributed by atoms with van der Waals surface area (Å²) in [4.78, 5) is 3.09. The van der Waals surface area contributed by atoms with Crippen molar-refractivity contribution in [3.05, 3.63) is 71.4 Å². The van der Waals surface area contributed by atoms with Crippen molar-refractivity contribution in [2.24, 2.45) is 0 Å². The van der Waals surface area contributed by atoms with Crippen LogP contribution in [0.5, 0.6) is 0 Å². The van der Waals surface area contributed by atoms with Crippen LogP contribution in [0.4, 0.5) is 8.78 Å². The second-order valence-corrected chi connectivity index (χ2v) is 4.66. The number of nitrogens with one attached hydrogen (secondary N) is 1. The van der Waals surface area contributed by atoms with Crippen molar-refractivity contribution in [2.45, 2.75) is 12.5 Å². The number of aliphatic hydroxyl groups is 1. The van der Waals surface area contributed by atoms with Crippen LogP contribution < -0.4 is 0 Å². The topological polar surface area (TPSA) is 36.0 Å². The van der Waals surface area contributed by atoms with E-state index in [1.165, 1.54) is 24.3 Å². The number of aliphatic hydroxyl groups excluding tert-OH is 1. The quantitative estimate of drug-likeness (QED) is 0.737. The Hall–Kier alpha value is -2.20. The SMILES string of the molecule is OC(c1ccc(C(F)F)cc1)c1c[nH]c2ccccc12. The van der Waals surface area contributed by atoms with Crippen LogP contribution in [0, 0.1) is 0 Å². The Bertz CT molecular complexity index is 719. The Kier molecular flexibility index (Phi) is 3.24. The van der Waals surface area contributed by atoms with Crippen molar-refractivity contribution in [3.63, 3.8) is 0 Å². The van der Waals surface area contributed by atoms with Gasteiger partial charge in [-0.2, -0.15) is 0 Å². The average molecular weight is 273 g/mol. The summed E-state index contributed by atoms with van der Waals surface area (Å²) in [6.07, 6.45) is -1.58. The predicted octanol–water partition coefficient (Wildman–Crippen LogP) is 4.19. The fourth-order valence-electron chi connectivity index (χ4n) is 2.32. The summed E-state index contributed by atoms with van der Waals surface area (Å²) in [5.41, 5.74) is 2.23. The molecule has 0 bridgehead atoms. The van der Waals surface area contributed by atoms with Crippen molar-refractivity contribution in [1.29, 1.82) is 0 Å². The summed E-state index contributed by atoms with van der Waals surface area (Å²) in [6.45, 7) is 0. The molecule has 0 fully saturated rings. The van der Waals surface area contributed by atoms with Crippen LogP contribution in [0.2, 0.25) is 0 Å². The Balaban J connectivity index is 1.97. The Labute approximate surface area is 114 Å². The number of halogens is 2. The molecule has 2 aromatic carbocycles. The molecular weight excluding hydrogens is 260 g/mol. The molecule has 2 nitrogen and oxygen atoms in total. The van der Waals surface area contributed by atoms with Crippen LogP contribution >= 0.6 is 0 Å². The van der Waals surface area contributed by atoms with Crippen molar-refractivity contribution >= 4 is 10.9 Å². The number of benzene rings is 2. The molecular formula is C16H13F2NO. The molecule has 0 saturated heterocycles. The second kappa shape index (κ2) is 5.06. The fraction of sp³-hybridized carbons (Fsp3) is 0.125. The standard InChI is InChI=1S/C16H13F2NO/c17-16(18)11-7-5-10(6-8-11)15(20)13-9-19-14-4-2-1-3-12(13)14/h1-9,15-16,19-20H. The van der Waals surface area contributed by atoms with E-state index in [9.17, 15) is 13.9 Å². The van der Waals surface area contributed by atoms with Gasteiger partial charge in [0.05, 0.1) is 0 Å². The lowest BCUT2D eigenvalue weighted by Gasteiger charge is -2.11. The van der Waals surface area contributed by atoms with Crippen LogP contribution in [0.1, 0.15) is 29.2 Å². The summed E-state index contributed by atoms with van der Waals surface area (Å²) in [6, 6.07) is 13.4. The van der Waals surface area contributed by atoms with E-state index in [-0.39, 0.29) is 5.56 Å². The smallest absolute Gasteiger partial charge is 0.263 e. The number of aromatic amines is 1. The first-order valence-corrected chi connectivity index (χ1v) is 6.29. The number of H-pyrrole nitrogens is 1. The summed E-state index contributed by atoms with van der Waals surface area (Å²) >= 11 is 0. The van der Waals surface area contributed by atoms with Crippen LogP contribution in [0.3, 0.4) is 0 Å². The maximum Gasteiger partial charge on any atom is 0.263 e. The molecule has 0 aliphatic carbocycles. The molecule has 20 heavy (non-hydrogen) atoms. The van der Waals surface area contributed by atoms with E-state index in [2.05, 4.69) is 4.98 Å². The highest BCUT2D eigenvalue weighted by Gasteiger charge is 2.15. The summed E-state index contributed by atoms with van der Waals surface area (Å²) in [5.74, 6) is 0. The molecule has 3 aromatic rings. The van der Waals surface area contributed by atoms with Gasteiger partial charge in [0.25, 0.3) is 6.43 Å². The van der Waals surface area contributed by atoms with E-state index in [4.69, 9.17) is 0 Å². The van der Waals surface area contributed by atoms with Crippen LogP contribution in [0.25, 0.3) is 10.9 Å². The molecule has 1 atom stereocenters. The zero-order chi connectivity index (χ0) is 14.1. The number of hydrogen-bond donors (Lipinski definition) is 2. The molecule has 3 rings (SSSR count). The van der Waals surface area contributed by atoms with E-state index in [1.54, 1.807) is 6.20 Å². The van der Waals surface area contributed by atoms with Crippen molar-refractivity contribution < 1.29 is 13.9 Å². The number of alkyl halides is 2. The molecule has 1 heterocycles. The average Bonchev–Trinajstić information content (AvgIpc) is 2.90. The molecule has 1 unspecified atom stereocenters. The molecule has 0 aliphatic heterocycles. The Morgan fingerprint density at radius 1 is 0.900 bits per heavy atom. The maximum absolute atomic E-state index is 12.5. The Morgan fingerprint density at radius 3 is 2.25 bits per heavy atom. The van der Waals surface area contributed by atoms with Gasteiger partial charge < -0.3 is 10.1 Å². The predicted molar refractivity (Wildman–Crippen MR) is 73.8 cm³/mol. The second-order valence-electron chi connectivity index (χ2n) is 4.66. The molecule has 102 valence electrons. The molecule has 0 aliphatic rings. The molecule has 0 saturated carbocycles.